The van der Waals surface area contributed by atoms with Crippen LogP contribution in [0.25, 0.3) is 33.3 Å². The lowest BCUT2D eigenvalue weighted by Gasteiger charge is -2.33. The summed E-state index contributed by atoms with van der Waals surface area (Å²) in [5.41, 5.74) is 6.28. The SMILES string of the molecule is Clc1ccc2ncc(-c3nc4ccccc4[nH]3)c(NC3CCN(Cc4ccccc4)CC3)c2c1. The van der Waals surface area contributed by atoms with Gasteiger partial charge in [-0.15, -0.1) is 0 Å². The minimum atomic E-state index is 0.375. The quantitative estimate of drug-likeness (QED) is 0.309. The van der Waals surface area contributed by atoms with Crippen LogP contribution in [0.1, 0.15) is 18.4 Å². The van der Waals surface area contributed by atoms with E-state index in [0.717, 1.165) is 71.5 Å². The molecule has 0 amide bonds. The Morgan fingerprint density at radius 2 is 1.74 bits per heavy atom. The van der Waals surface area contributed by atoms with E-state index in [1.165, 1.54) is 5.56 Å². The van der Waals surface area contributed by atoms with Crippen LogP contribution in [0.3, 0.4) is 0 Å². The molecule has 3 heterocycles. The van der Waals surface area contributed by atoms with Gasteiger partial charge in [-0.2, -0.15) is 0 Å². The van der Waals surface area contributed by atoms with Crippen molar-refractivity contribution in [2.75, 3.05) is 18.4 Å². The fourth-order valence-electron chi connectivity index (χ4n) is 4.86. The minimum Gasteiger partial charge on any atom is -0.381 e. The van der Waals surface area contributed by atoms with Crippen LogP contribution in [-0.2, 0) is 6.54 Å². The first kappa shape index (κ1) is 21.1. The van der Waals surface area contributed by atoms with E-state index < -0.39 is 0 Å². The molecule has 0 saturated carbocycles. The van der Waals surface area contributed by atoms with Crippen LogP contribution in [0.4, 0.5) is 5.69 Å². The average Bonchev–Trinajstić information content (AvgIpc) is 3.30. The molecule has 0 atom stereocenters. The molecule has 0 radical (unpaired) electrons. The Hall–Kier alpha value is -3.41. The van der Waals surface area contributed by atoms with Crippen molar-refractivity contribution < 1.29 is 0 Å². The molecule has 0 aliphatic carbocycles. The number of nitrogens with one attached hydrogen (secondary N) is 2. The summed E-state index contributed by atoms with van der Waals surface area (Å²) in [6.45, 7) is 3.14. The molecule has 1 fully saturated rings. The highest BCUT2D eigenvalue weighted by molar-refractivity contribution is 6.31. The van der Waals surface area contributed by atoms with Gasteiger partial charge in [-0.25, -0.2) is 4.98 Å². The largest absolute Gasteiger partial charge is 0.381 e. The lowest BCUT2D eigenvalue weighted by molar-refractivity contribution is 0.211. The predicted molar refractivity (Wildman–Crippen MR) is 140 cm³/mol. The molecule has 1 aliphatic rings. The molecule has 0 unspecified atom stereocenters. The van der Waals surface area contributed by atoms with Crippen molar-refractivity contribution in [3.8, 4) is 11.4 Å². The summed E-state index contributed by atoms with van der Waals surface area (Å²) in [7, 11) is 0. The highest BCUT2D eigenvalue weighted by atomic mass is 35.5. The van der Waals surface area contributed by atoms with Crippen LogP contribution in [-0.4, -0.2) is 39.0 Å². The molecule has 0 spiro atoms. The Kier molecular flexibility index (Phi) is 5.65. The molecule has 6 heteroatoms. The molecular formula is C28H26ClN5. The number of aromatic nitrogens is 3. The van der Waals surface area contributed by atoms with Gasteiger partial charge in [0.05, 0.1) is 27.8 Å². The van der Waals surface area contributed by atoms with E-state index >= 15 is 0 Å². The summed E-state index contributed by atoms with van der Waals surface area (Å²) < 4.78 is 0. The number of benzene rings is 3. The van der Waals surface area contributed by atoms with E-state index in [0.29, 0.717) is 11.1 Å². The lowest BCUT2D eigenvalue weighted by atomic mass is 10.0. The fourth-order valence-corrected chi connectivity index (χ4v) is 5.03. The summed E-state index contributed by atoms with van der Waals surface area (Å²) in [6.07, 6.45) is 4.08. The van der Waals surface area contributed by atoms with E-state index in [2.05, 4.69) is 45.5 Å². The van der Waals surface area contributed by atoms with E-state index in [4.69, 9.17) is 21.6 Å². The number of halogens is 1. The molecule has 1 saturated heterocycles. The number of pyridine rings is 1. The molecule has 2 aromatic heterocycles. The molecule has 6 rings (SSSR count). The number of aromatic amines is 1. The lowest BCUT2D eigenvalue weighted by Crippen LogP contribution is -2.38. The van der Waals surface area contributed by atoms with Gasteiger partial charge in [0.2, 0.25) is 0 Å². The van der Waals surface area contributed by atoms with Gasteiger partial charge in [-0.1, -0.05) is 54.1 Å². The maximum atomic E-state index is 6.41. The Labute approximate surface area is 203 Å². The van der Waals surface area contributed by atoms with Crippen molar-refractivity contribution in [3.05, 3.63) is 89.6 Å². The van der Waals surface area contributed by atoms with Gasteiger partial charge in [0.15, 0.2) is 0 Å². The number of para-hydroxylation sites is 2. The number of likely N-dealkylation sites (tertiary alicyclic amines) is 1. The van der Waals surface area contributed by atoms with Gasteiger partial charge >= 0.3 is 0 Å². The fraction of sp³-hybridized carbons (Fsp3) is 0.214. The van der Waals surface area contributed by atoms with Gasteiger partial charge < -0.3 is 10.3 Å². The Morgan fingerprint density at radius 1 is 0.941 bits per heavy atom. The van der Waals surface area contributed by atoms with Gasteiger partial charge in [0, 0.05) is 42.3 Å². The standard InChI is InChI=1S/C28H26ClN5/c29-20-10-11-24-22(16-20)27(23(17-30-24)28-32-25-8-4-5-9-26(25)33-28)31-21-12-14-34(15-13-21)18-19-6-2-1-3-7-19/h1-11,16-17,21H,12-15,18H2,(H,30,31)(H,32,33). The van der Waals surface area contributed by atoms with Crippen molar-refractivity contribution >= 4 is 39.2 Å². The first-order chi connectivity index (χ1) is 16.7. The minimum absolute atomic E-state index is 0.375. The third-order valence-electron chi connectivity index (χ3n) is 6.66. The summed E-state index contributed by atoms with van der Waals surface area (Å²) in [6, 6.07) is 25.1. The van der Waals surface area contributed by atoms with Crippen LogP contribution < -0.4 is 5.32 Å². The van der Waals surface area contributed by atoms with Crippen molar-refractivity contribution in [3.63, 3.8) is 0 Å². The highest BCUT2D eigenvalue weighted by Gasteiger charge is 2.22. The van der Waals surface area contributed by atoms with Gasteiger partial charge in [0.25, 0.3) is 0 Å². The zero-order chi connectivity index (χ0) is 22.9. The number of hydrogen-bond acceptors (Lipinski definition) is 4. The predicted octanol–water partition coefficient (Wildman–Crippen LogP) is 6.51. The topological polar surface area (TPSA) is 56.8 Å². The number of imidazole rings is 1. The number of rotatable bonds is 5. The number of anilines is 1. The van der Waals surface area contributed by atoms with Crippen LogP contribution in [0.5, 0.6) is 0 Å². The zero-order valence-electron chi connectivity index (χ0n) is 18.8. The molecule has 5 nitrogen and oxygen atoms in total. The van der Waals surface area contributed by atoms with Gasteiger partial charge in [-0.05, 0) is 48.7 Å². The molecule has 170 valence electrons. The molecule has 1 aliphatic heterocycles. The summed E-state index contributed by atoms with van der Waals surface area (Å²) in [5.74, 6) is 0.819. The number of hydrogen-bond donors (Lipinski definition) is 2. The van der Waals surface area contributed by atoms with Crippen LogP contribution in [0.15, 0.2) is 79.0 Å². The second-order valence-electron chi connectivity index (χ2n) is 8.99. The maximum Gasteiger partial charge on any atom is 0.142 e. The number of H-pyrrole nitrogens is 1. The van der Waals surface area contributed by atoms with Gasteiger partial charge in [0.1, 0.15) is 5.82 Å². The smallest absolute Gasteiger partial charge is 0.142 e. The molecular weight excluding hydrogens is 442 g/mol. The van der Waals surface area contributed by atoms with Crippen LogP contribution in [0.2, 0.25) is 5.02 Å². The summed E-state index contributed by atoms with van der Waals surface area (Å²) in [5, 5.41) is 5.59. The second kappa shape index (κ2) is 9.09. The highest BCUT2D eigenvalue weighted by Crippen LogP contribution is 2.36. The normalized spacial score (nSPS) is 15.2. The second-order valence-corrected chi connectivity index (χ2v) is 9.43. The van der Waals surface area contributed by atoms with Crippen LogP contribution in [0, 0.1) is 0 Å². The Morgan fingerprint density at radius 3 is 2.56 bits per heavy atom. The Bertz CT molecular complexity index is 1400. The van der Waals surface area contributed by atoms with E-state index in [1.807, 2.05) is 48.7 Å². The summed E-state index contributed by atoms with van der Waals surface area (Å²) in [4.78, 5) is 15.6. The van der Waals surface area contributed by atoms with E-state index in [-0.39, 0.29) is 0 Å². The number of fused-ring (bicyclic) bond motifs is 2. The average molecular weight is 468 g/mol. The number of nitrogens with zero attached hydrogens (tertiary/aromatic N) is 3. The first-order valence-corrected chi connectivity index (χ1v) is 12.2. The third-order valence-corrected chi connectivity index (χ3v) is 6.89. The number of piperidine rings is 1. The zero-order valence-corrected chi connectivity index (χ0v) is 19.6. The maximum absolute atomic E-state index is 6.41. The Balaban J connectivity index is 1.30. The first-order valence-electron chi connectivity index (χ1n) is 11.8. The molecule has 0 bridgehead atoms. The molecule has 3 aromatic carbocycles. The van der Waals surface area contributed by atoms with E-state index in [1.54, 1.807) is 0 Å². The molecule has 5 aromatic rings. The van der Waals surface area contributed by atoms with Crippen molar-refractivity contribution in [2.24, 2.45) is 0 Å². The third kappa shape index (κ3) is 4.25. The van der Waals surface area contributed by atoms with Crippen LogP contribution >= 0.6 is 11.6 Å². The monoisotopic (exact) mass is 467 g/mol. The van der Waals surface area contributed by atoms with Gasteiger partial charge in [-0.3, -0.25) is 9.88 Å². The summed E-state index contributed by atoms with van der Waals surface area (Å²) >= 11 is 6.41. The van der Waals surface area contributed by atoms with Crippen molar-refractivity contribution in [1.29, 1.82) is 0 Å². The van der Waals surface area contributed by atoms with Crippen molar-refractivity contribution in [1.82, 2.24) is 19.9 Å². The van der Waals surface area contributed by atoms with E-state index in [9.17, 15) is 0 Å². The molecule has 2 N–H and O–H groups in total. The molecule has 34 heavy (non-hydrogen) atoms. The van der Waals surface area contributed by atoms with Crippen molar-refractivity contribution in [2.45, 2.75) is 25.4 Å².